The zero-order valence-electron chi connectivity index (χ0n) is 25.1. The lowest BCUT2D eigenvalue weighted by Gasteiger charge is -2.28. The second-order valence-corrected chi connectivity index (χ2v) is 11.2. The lowest BCUT2D eigenvalue weighted by Crippen LogP contribution is -2.50. The predicted octanol–water partition coefficient (Wildman–Crippen LogP) is 1.83. The Hall–Kier alpha value is -5.73. The molecule has 2 aromatic heterocycles. The van der Waals surface area contributed by atoms with E-state index < -0.39 is 35.3 Å². The molecule has 4 aromatic rings. The highest BCUT2D eigenvalue weighted by Gasteiger charge is 2.36. The van der Waals surface area contributed by atoms with Crippen LogP contribution < -0.4 is 16.1 Å². The zero-order chi connectivity index (χ0) is 32.8. The van der Waals surface area contributed by atoms with E-state index in [1.165, 1.54) is 0 Å². The normalized spacial score (nSPS) is 18.4. The molecule has 6 rings (SSSR count). The summed E-state index contributed by atoms with van der Waals surface area (Å²) in [7, 11) is 0. The van der Waals surface area contributed by atoms with E-state index >= 15 is 0 Å². The molecule has 0 saturated carbocycles. The number of pyridine rings is 1. The van der Waals surface area contributed by atoms with E-state index in [0.717, 1.165) is 24.1 Å². The van der Waals surface area contributed by atoms with Crippen LogP contribution in [0.3, 0.4) is 0 Å². The van der Waals surface area contributed by atoms with Crippen molar-refractivity contribution in [1.29, 1.82) is 0 Å². The minimum Gasteiger partial charge on any atom is -0.381 e. The summed E-state index contributed by atoms with van der Waals surface area (Å²) in [5, 5.41) is 30.3. The molecule has 1 aliphatic carbocycles. The van der Waals surface area contributed by atoms with Gasteiger partial charge in [-0.1, -0.05) is 66.8 Å². The van der Waals surface area contributed by atoms with Gasteiger partial charge in [0, 0.05) is 29.3 Å². The fourth-order valence-corrected chi connectivity index (χ4v) is 5.62. The van der Waals surface area contributed by atoms with E-state index in [2.05, 4.69) is 36.2 Å². The molecule has 2 aromatic carbocycles. The van der Waals surface area contributed by atoms with Gasteiger partial charge in [0.25, 0.3) is 17.7 Å². The van der Waals surface area contributed by atoms with Crippen molar-refractivity contribution in [2.75, 3.05) is 18.7 Å². The Morgan fingerprint density at radius 3 is 2.64 bits per heavy atom. The summed E-state index contributed by atoms with van der Waals surface area (Å²) in [5.74, 6) is -1.66. The predicted molar refractivity (Wildman–Crippen MR) is 170 cm³/mol. The van der Waals surface area contributed by atoms with Crippen molar-refractivity contribution in [3.05, 3.63) is 118 Å². The van der Waals surface area contributed by atoms with E-state index in [9.17, 15) is 24.3 Å². The first kappa shape index (κ1) is 31.3. The van der Waals surface area contributed by atoms with Crippen LogP contribution in [0.25, 0.3) is 11.4 Å². The second kappa shape index (κ2) is 14.1. The van der Waals surface area contributed by atoms with Gasteiger partial charge < -0.3 is 30.4 Å². The number of amides is 3. The summed E-state index contributed by atoms with van der Waals surface area (Å²) in [5.41, 5.74) is 0.851. The molecular weight excluding hydrogens is 604 g/mol. The molecule has 1 aliphatic heterocycles. The molecule has 4 atom stereocenters. The van der Waals surface area contributed by atoms with Crippen LogP contribution in [-0.4, -0.2) is 84.9 Å². The van der Waals surface area contributed by atoms with Gasteiger partial charge in [0.1, 0.15) is 18.1 Å². The number of tetrazole rings is 1. The number of allylic oxidation sites excluding steroid dienone is 3. The van der Waals surface area contributed by atoms with Crippen LogP contribution in [0.5, 0.6) is 0 Å². The van der Waals surface area contributed by atoms with Crippen LogP contribution >= 0.6 is 0 Å². The second-order valence-electron chi connectivity index (χ2n) is 11.2. The van der Waals surface area contributed by atoms with Crippen LogP contribution in [0.4, 0.5) is 5.69 Å². The van der Waals surface area contributed by atoms with Crippen LogP contribution in [0.1, 0.15) is 33.0 Å². The maximum atomic E-state index is 13.6. The number of aliphatic hydroxyl groups is 1. The fourth-order valence-electron chi connectivity index (χ4n) is 5.62. The number of hydrogen-bond acceptors (Lipinski definition) is 9. The number of benzene rings is 2. The van der Waals surface area contributed by atoms with Gasteiger partial charge in [-0.2, -0.15) is 5.21 Å². The summed E-state index contributed by atoms with van der Waals surface area (Å²) < 4.78 is 5.60. The number of nitrogens with zero attached hydrogens (tertiary/aromatic N) is 4. The maximum Gasteiger partial charge on any atom is 0.272 e. The molecule has 14 nitrogen and oxygen atoms in total. The highest BCUT2D eigenvalue weighted by molar-refractivity contribution is 5.98. The molecule has 0 radical (unpaired) electrons. The third kappa shape index (κ3) is 7.40. The first-order chi connectivity index (χ1) is 22.9. The number of aromatic nitrogens is 5. The highest BCUT2D eigenvalue weighted by atomic mass is 16.5. The van der Waals surface area contributed by atoms with Gasteiger partial charge in [-0.05, 0) is 35.8 Å². The molecule has 1 unspecified atom stereocenters. The van der Waals surface area contributed by atoms with Crippen molar-refractivity contribution in [3.63, 3.8) is 0 Å². The highest BCUT2D eigenvalue weighted by Crippen LogP contribution is 2.26. The number of nitrogens with one attached hydrogen (secondary N) is 4. The standard InChI is InChI=1S/C33H32N8O6/c42-24-16-26(35-27(17-24)33(46)41-19-47-18-28(41)21-10-5-2-6-11-21)31(44)36-25(14-20-8-3-1-4-9-20)29(43)32(45)34-23-13-7-12-22(15-23)30-37-39-40-38-30/h1-10,12-13,15-17,21,25,28-29,43H,11,14,18-19H2,(H,34,45)(H,35,42)(H,36,44)(H,37,38,39,40)/t21-,25+,28?,29+/m1/s1. The SMILES string of the molecule is O=C(N[C@@H](Cc1ccccc1)[C@H](O)C(=O)Nc1cccc(-c2nn[nH]n2)c1)c1cc(=O)cc(C(=O)N2COCC2[C@@H]2C=CC=CC2)[nH]1. The van der Waals surface area contributed by atoms with E-state index in [1.807, 2.05) is 30.4 Å². The quantitative estimate of drug-likeness (QED) is 0.173. The zero-order valence-corrected chi connectivity index (χ0v) is 25.1. The Bertz CT molecular complexity index is 1860. The average Bonchev–Trinajstić information content (AvgIpc) is 3.82. The summed E-state index contributed by atoms with van der Waals surface area (Å²) in [4.78, 5) is 57.4. The van der Waals surface area contributed by atoms with E-state index in [-0.39, 0.29) is 36.5 Å². The van der Waals surface area contributed by atoms with E-state index in [0.29, 0.717) is 23.7 Å². The first-order valence-electron chi connectivity index (χ1n) is 15.0. The molecule has 5 N–H and O–H groups in total. The molecule has 1 fully saturated rings. The van der Waals surface area contributed by atoms with E-state index in [1.54, 1.807) is 53.4 Å². The van der Waals surface area contributed by atoms with Crippen molar-refractivity contribution in [2.45, 2.75) is 31.0 Å². The third-order valence-corrected chi connectivity index (χ3v) is 8.00. The van der Waals surface area contributed by atoms with Gasteiger partial charge in [-0.25, -0.2) is 0 Å². The summed E-state index contributed by atoms with van der Waals surface area (Å²) in [6.07, 6.45) is 7.04. The molecule has 0 spiro atoms. The number of aromatic amines is 2. The molecule has 3 amide bonds. The van der Waals surface area contributed by atoms with Crippen LogP contribution in [-0.2, 0) is 16.0 Å². The number of H-pyrrole nitrogens is 2. The topological polar surface area (TPSA) is 195 Å². The van der Waals surface area contributed by atoms with Crippen molar-refractivity contribution < 1.29 is 24.2 Å². The smallest absolute Gasteiger partial charge is 0.272 e. The molecule has 240 valence electrons. The molecule has 1 saturated heterocycles. The van der Waals surface area contributed by atoms with Gasteiger partial charge >= 0.3 is 0 Å². The molecule has 14 heteroatoms. The Balaban J connectivity index is 1.20. The molecule has 2 aliphatic rings. The van der Waals surface area contributed by atoms with Crippen LogP contribution in [0.2, 0.25) is 0 Å². The fraction of sp³-hybridized carbons (Fsp3) is 0.242. The molecule has 0 bridgehead atoms. The minimum atomic E-state index is -1.70. The van der Waals surface area contributed by atoms with Gasteiger partial charge in [0.2, 0.25) is 5.82 Å². The number of rotatable bonds is 10. The largest absolute Gasteiger partial charge is 0.381 e. The van der Waals surface area contributed by atoms with Gasteiger partial charge in [0.05, 0.1) is 18.7 Å². The lowest BCUT2D eigenvalue weighted by molar-refractivity contribution is -0.125. The number of anilines is 1. The minimum absolute atomic E-state index is 0.0501. The van der Waals surface area contributed by atoms with Crippen LogP contribution in [0, 0.1) is 5.92 Å². The number of hydrogen-bond donors (Lipinski definition) is 5. The number of ether oxygens (including phenoxy) is 1. The van der Waals surface area contributed by atoms with Crippen LogP contribution in [0.15, 0.2) is 95.8 Å². The van der Waals surface area contributed by atoms with Crippen molar-refractivity contribution >= 4 is 23.4 Å². The summed E-state index contributed by atoms with van der Waals surface area (Å²) in [6.45, 7) is 0.399. The maximum absolute atomic E-state index is 13.6. The van der Waals surface area contributed by atoms with Gasteiger partial charge in [-0.3, -0.25) is 19.2 Å². The van der Waals surface area contributed by atoms with Crippen molar-refractivity contribution in [2.24, 2.45) is 5.92 Å². The van der Waals surface area contributed by atoms with Crippen molar-refractivity contribution in [1.82, 2.24) is 35.8 Å². The average molecular weight is 637 g/mol. The van der Waals surface area contributed by atoms with Crippen molar-refractivity contribution in [3.8, 4) is 11.4 Å². The summed E-state index contributed by atoms with van der Waals surface area (Å²) >= 11 is 0. The summed E-state index contributed by atoms with van der Waals surface area (Å²) in [6, 6.07) is 16.5. The Morgan fingerprint density at radius 1 is 1.04 bits per heavy atom. The lowest BCUT2D eigenvalue weighted by atomic mass is 9.92. The molecule has 47 heavy (non-hydrogen) atoms. The van der Waals surface area contributed by atoms with Gasteiger partial charge in [-0.15, -0.1) is 10.2 Å². The number of aliphatic hydroxyl groups excluding tert-OH is 1. The molecular formula is C33H32N8O6. The Morgan fingerprint density at radius 2 is 1.87 bits per heavy atom. The number of carbonyl (C=O) groups excluding carboxylic acids is 3. The van der Waals surface area contributed by atoms with E-state index in [4.69, 9.17) is 4.74 Å². The Kier molecular flexibility index (Phi) is 9.41. The number of carbonyl (C=O) groups is 3. The molecule has 3 heterocycles. The third-order valence-electron chi connectivity index (χ3n) is 8.00. The monoisotopic (exact) mass is 636 g/mol. The first-order valence-corrected chi connectivity index (χ1v) is 15.0. The van der Waals surface area contributed by atoms with Gasteiger partial charge in [0.15, 0.2) is 11.5 Å². The Labute approximate surface area is 268 Å².